The van der Waals surface area contributed by atoms with Gasteiger partial charge in [0.15, 0.2) is 0 Å². The number of hydrogen-bond donors (Lipinski definition) is 0. The highest BCUT2D eigenvalue weighted by Gasteiger charge is 2.23. The van der Waals surface area contributed by atoms with Gasteiger partial charge >= 0.3 is 0 Å². The maximum atomic E-state index is 6.28. The number of piperazine rings is 1. The van der Waals surface area contributed by atoms with Crippen LogP contribution in [0.2, 0.25) is 5.28 Å². The van der Waals surface area contributed by atoms with Crippen molar-refractivity contribution in [1.82, 2.24) is 9.97 Å². The Hall–Kier alpha value is -2.15. The Labute approximate surface area is 186 Å². The maximum Gasteiger partial charge on any atom is 0.225 e. The number of fused-ring (bicyclic) bond motifs is 1. The molecule has 4 aromatic rings. The molecule has 146 valence electrons. The van der Waals surface area contributed by atoms with Gasteiger partial charge in [0.1, 0.15) is 10.6 Å². The van der Waals surface area contributed by atoms with E-state index in [-0.39, 0.29) is 0 Å². The van der Waals surface area contributed by atoms with Crippen LogP contribution >= 0.6 is 38.9 Å². The molecular formula is C22H18BrClN4S. The van der Waals surface area contributed by atoms with Gasteiger partial charge in [0.2, 0.25) is 5.28 Å². The zero-order chi connectivity index (χ0) is 19.8. The van der Waals surface area contributed by atoms with Gasteiger partial charge in [-0.2, -0.15) is 4.98 Å². The van der Waals surface area contributed by atoms with Crippen LogP contribution in [0.25, 0.3) is 21.3 Å². The van der Waals surface area contributed by atoms with E-state index >= 15 is 0 Å². The van der Waals surface area contributed by atoms with E-state index in [1.807, 2.05) is 0 Å². The van der Waals surface area contributed by atoms with Crippen LogP contribution in [0.5, 0.6) is 0 Å². The highest BCUT2D eigenvalue weighted by atomic mass is 79.9. The number of anilines is 2. The van der Waals surface area contributed by atoms with Crippen molar-refractivity contribution >= 4 is 60.6 Å². The van der Waals surface area contributed by atoms with Crippen molar-refractivity contribution in [2.45, 2.75) is 0 Å². The first-order valence-corrected chi connectivity index (χ1v) is 11.5. The zero-order valence-corrected chi connectivity index (χ0v) is 18.7. The third kappa shape index (κ3) is 3.72. The number of benzene rings is 2. The topological polar surface area (TPSA) is 32.3 Å². The summed E-state index contributed by atoms with van der Waals surface area (Å²) in [6, 6.07) is 18.9. The molecule has 0 amide bonds. The van der Waals surface area contributed by atoms with Crippen LogP contribution in [0.4, 0.5) is 11.5 Å². The molecule has 0 radical (unpaired) electrons. The molecular weight excluding hydrogens is 468 g/mol. The number of nitrogens with zero attached hydrogens (tertiary/aromatic N) is 4. The summed E-state index contributed by atoms with van der Waals surface area (Å²) in [4.78, 5) is 14.8. The van der Waals surface area contributed by atoms with E-state index in [1.165, 1.54) is 5.69 Å². The summed E-state index contributed by atoms with van der Waals surface area (Å²) >= 11 is 11.4. The molecule has 0 spiro atoms. The Morgan fingerprint density at radius 1 is 0.862 bits per heavy atom. The second kappa shape index (κ2) is 7.94. The number of hydrogen-bond acceptors (Lipinski definition) is 5. The van der Waals surface area contributed by atoms with Gasteiger partial charge in [-0.05, 0) is 41.4 Å². The fourth-order valence-electron chi connectivity index (χ4n) is 3.78. The monoisotopic (exact) mass is 484 g/mol. The molecule has 0 aliphatic carbocycles. The summed E-state index contributed by atoms with van der Waals surface area (Å²) in [5, 5.41) is 3.56. The Morgan fingerprint density at radius 2 is 1.55 bits per heavy atom. The average Bonchev–Trinajstić information content (AvgIpc) is 3.18. The third-order valence-corrected chi connectivity index (χ3v) is 6.81. The van der Waals surface area contributed by atoms with Crippen LogP contribution in [0.3, 0.4) is 0 Å². The van der Waals surface area contributed by atoms with Gasteiger partial charge in [-0.25, -0.2) is 4.98 Å². The first kappa shape index (κ1) is 18.9. The normalized spacial score (nSPS) is 14.6. The molecule has 5 rings (SSSR count). The second-order valence-electron chi connectivity index (χ2n) is 6.96. The molecule has 0 atom stereocenters. The smallest absolute Gasteiger partial charge is 0.225 e. The molecule has 0 unspecified atom stereocenters. The van der Waals surface area contributed by atoms with Crippen molar-refractivity contribution in [3.8, 4) is 11.1 Å². The number of para-hydroxylation sites is 1. The summed E-state index contributed by atoms with van der Waals surface area (Å²) in [6.07, 6.45) is 0. The van der Waals surface area contributed by atoms with Crippen molar-refractivity contribution < 1.29 is 0 Å². The van der Waals surface area contributed by atoms with Gasteiger partial charge in [0.05, 0.1) is 5.39 Å². The van der Waals surface area contributed by atoms with Crippen molar-refractivity contribution in [2.75, 3.05) is 36.0 Å². The lowest BCUT2D eigenvalue weighted by Gasteiger charge is -2.37. The number of halogens is 2. The molecule has 4 nitrogen and oxygen atoms in total. The number of aromatic nitrogens is 2. The molecule has 1 saturated heterocycles. The van der Waals surface area contributed by atoms with Crippen molar-refractivity contribution in [1.29, 1.82) is 0 Å². The minimum absolute atomic E-state index is 0.308. The van der Waals surface area contributed by atoms with Crippen molar-refractivity contribution in [3.63, 3.8) is 0 Å². The van der Waals surface area contributed by atoms with E-state index in [0.29, 0.717) is 5.28 Å². The highest BCUT2D eigenvalue weighted by molar-refractivity contribution is 9.10. The fourth-order valence-corrected chi connectivity index (χ4v) is 5.20. The maximum absolute atomic E-state index is 6.28. The average molecular weight is 486 g/mol. The highest BCUT2D eigenvalue weighted by Crippen LogP contribution is 2.39. The number of thiophene rings is 1. The Balaban J connectivity index is 1.50. The van der Waals surface area contributed by atoms with E-state index in [9.17, 15) is 0 Å². The van der Waals surface area contributed by atoms with Crippen molar-refractivity contribution in [3.05, 3.63) is 69.7 Å². The van der Waals surface area contributed by atoms with Crippen LogP contribution in [0, 0.1) is 0 Å². The molecule has 1 fully saturated rings. The predicted molar refractivity (Wildman–Crippen MR) is 126 cm³/mol. The molecule has 29 heavy (non-hydrogen) atoms. The van der Waals surface area contributed by atoms with Gasteiger partial charge in [0.25, 0.3) is 0 Å². The second-order valence-corrected chi connectivity index (χ2v) is 9.07. The van der Waals surface area contributed by atoms with Gasteiger partial charge < -0.3 is 9.80 Å². The zero-order valence-electron chi connectivity index (χ0n) is 15.6. The molecule has 3 heterocycles. The number of rotatable bonds is 3. The molecule has 0 N–H and O–H groups in total. The molecule has 7 heteroatoms. The first-order valence-electron chi connectivity index (χ1n) is 9.45. The largest absolute Gasteiger partial charge is 0.368 e. The van der Waals surface area contributed by atoms with E-state index in [1.54, 1.807) is 11.3 Å². The quantitative estimate of drug-likeness (QED) is 0.328. The van der Waals surface area contributed by atoms with Gasteiger partial charge in [-0.3, -0.25) is 0 Å². The van der Waals surface area contributed by atoms with Crippen LogP contribution in [-0.2, 0) is 0 Å². The minimum atomic E-state index is 0.308. The van der Waals surface area contributed by atoms with Gasteiger partial charge in [0, 0.05) is 47.3 Å². The van der Waals surface area contributed by atoms with Crippen LogP contribution in [0.15, 0.2) is 64.5 Å². The summed E-state index contributed by atoms with van der Waals surface area (Å²) in [5.41, 5.74) is 3.59. The summed E-state index contributed by atoms with van der Waals surface area (Å²) in [6.45, 7) is 3.69. The molecule has 1 aliphatic heterocycles. The van der Waals surface area contributed by atoms with Gasteiger partial charge in [-0.1, -0.05) is 46.3 Å². The molecule has 2 aromatic carbocycles. The van der Waals surface area contributed by atoms with Crippen LogP contribution < -0.4 is 9.80 Å². The summed E-state index contributed by atoms with van der Waals surface area (Å²) in [5.74, 6) is 0.937. The standard InChI is InChI=1S/C22H18BrClN4S/c23-16-8-6-15(7-9-16)18-14-29-21-19(18)20(25-22(24)26-21)28-12-10-27(11-13-28)17-4-2-1-3-5-17/h1-9,14H,10-13H2. The van der Waals surface area contributed by atoms with Gasteiger partial charge in [-0.15, -0.1) is 11.3 Å². The molecule has 1 aliphatic rings. The Kier molecular flexibility index (Phi) is 5.16. The Bertz CT molecular complexity index is 1140. The van der Waals surface area contributed by atoms with E-state index in [4.69, 9.17) is 11.6 Å². The minimum Gasteiger partial charge on any atom is -0.368 e. The van der Waals surface area contributed by atoms with Crippen LogP contribution in [0.1, 0.15) is 0 Å². The predicted octanol–water partition coefficient (Wildman–Crippen LogP) is 6.10. The van der Waals surface area contributed by atoms with E-state index < -0.39 is 0 Å². The first-order chi connectivity index (χ1) is 14.2. The lowest BCUT2D eigenvalue weighted by atomic mass is 10.1. The Morgan fingerprint density at radius 3 is 2.28 bits per heavy atom. The SMILES string of the molecule is Clc1nc(N2CCN(c3ccccc3)CC2)c2c(-c3ccc(Br)cc3)csc2n1. The summed E-state index contributed by atoms with van der Waals surface area (Å²) < 4.78 is 1.07. The van der Waals surface area contributed by atoms with Crippen LogP contribution in [-0.4, -0.2) is 36.1 Å². The summed E-state index contributed by atoms with van der Waals surface area (Å²) in [7, 11) is 0. The fraction of sp³-hybridized carbons (Fsp3) is 0.182. The molecule has 2 aromatic heterocycles. The third-order valence-electron chi connectivity index (χ3n) is 5.24. The molecule has 0 saturated carbocycles. The van der Waals surface area contributed by atoms with E-state index in [0.717, 1.165) is 57.8 Å². The van der Waals surface area contributed by atoms with Crippen molar-refractivity contribution in [2.24, 2.45) is 0 Å². The lowest BCUT2D eigenvalue weighted by molar-refractivity contribution is 0.649. The lowest BCUT2D eigenvalue weighted by Crippen LogP contribution is -2.47. The van der Waals surface area contributed by atoms with E-state index in [2.05, 4.69) is 95.7 Å². The molecule has 0 bridgehead atoms.